The highest BCUT2D eigenvalue weighted by atomic mass is 16.2. The van der Waals surface area contributed by atoms with Crippen LogP contribution in [0.2, 0.25) is 0 Å². The van der Waals surface area contributed by atoms with Crippen molar-refractivity contribution >= 4 is 11.8 Å². The Balaban J connectivity index is 1.80. The number of amides is 2. The molecule has 1 saturated carbocycles. The summed E-state index contributed by atoms with van der Waals surface area (Å²) in [7, 11) is 0. The molecule has 0 aliphatic heterocycles. The van der Waals surface area contributed by atoms with Gasteiger partial charge in [0.1, 0.15) is 0 Å². The molecule has 1 aromatic rings. The summed E-state index contributed by atoms with van der Waals surface area (Å²) in [4.78, 5) is 25.5. The van der Waals surface area contributed by atoms with Crippen molar-refractivity contribution in [3.63, 3.8) is 0 Å². The predicted octanol–water partition coefficient (Wildman–Crippen LogP) is 2.53. The molecule has 4 nitrogen and oxygen atoms in total. The van der Waals surface area contributed by atoms with Crippen molar-refractivity contribution in [1.82, 2.24) is 10.2 Å². The van der Waals surface area contributed by atoms with E-state index in [0.29, 0.717) is 12.6 Å². The molecule has 4 heteroatoms. The summed E-state index contributed by atoms with van der Waals surface area (Å²) >= 11 is 0. The zero-order valence-electron chi connectivity index (χ0n) is 13.4. The maximum absolute atomic E-state index is 12.1. The van der Waals surface area contributed by atoms with Crippen LogP contribution in [0.15, 0.2) is 30.3 Å². The van der Waals surface area contributed by atoms with E-state index in [9.17, 15) is 9.59 Å². The Bertz CT molecular complexity index is 481. The van der Waals surface area contributed by atoms with Gasteiger partial charge in [-0.25, -0.2) is 0 Å². The molecule has 22 heavy (non-hydrogen) atoms. The summed E-state index contributed by atoms with van der Waals surface area (Å²) < 4.78 is 0. The van der Waals surface area contributed by atoms with Crippen LogP contribution in [0.5, 0.6) is 0 Å². The smallest absolute Gasteiger partial charge is 0.239 e. The van der Waals surface area contributed by atoms with Crippen LogP contribution < -0.4 is 5.32 Å². The van der Waals surface area contributed by atoms with Crippen molar-refractivity contribution in [1.29, 1.82) is 0 Å². The van der Waals surface area contributed by atoms with E-state index < -0.39 is 0 Å². The molecule has 1 aliphatic carbocycles. The van der Waals surface area contributed by atoms with Crippen LogP contribution in [-0.2, 0) is 16.0 Å². The van der Waals surface area contributed by atoms with Gasteiger partial charge in [0.05, 0.1) is 6.54 Å². The van der Waals surface area contributed by atoms with Gasteiger partial charge in [0, 0.05) is 19.5 Å². The molecule has 0 atom stereocenters. The minimum absolute atomic E-state index is 0.0323. The number of rotatable bonds is 6. The lowest BCUT2D eigenvalue weighted by Crippen LogP contribution is -2.44. The van der Waals surface area contributed by atoms with E-state index in [1.165, 1.54) is 31.7 Å². The highest BCUT2D eigenvalue weighted by Gasteiger charge is 2.18. The molecule has 0 saturated heterocycles. The van der Waals surface area contributed by atoms with Crippen molar-refractivity contribution in [2.75, 3.05) is 13.1 Å². The third kappa shape index (κ3) is 5.51. The molecular formula is C18H26N2O2. The zero-order valence-corrected chi connectivity index (χ0v) is 13.4. The Morgan fingerprint density at radius 3 is 2.45 bits per heavy atom. The monoisotopic (exact) mass is 302 g/mol. The number of carbonyl (C=O) groups is 2. The molecule has 0 radical (unpaired) electrons. The summed E-state index contributed by atoms with van der Waals surface area (Å²) in [5.74, 6) is -0.0788. The van der Waals surface area contributed by atoms with Crippen LogP contribution in [0, 0.1) is 0 Å². The van der Waals surface area contributed by atoms with Crippen molar-refractivity contribution in [2.45, 2.75) is 51.5 Å². The molecular weight excluding hydrogens is 276 g/mol. The van der Waals surface area contributed by atoms with E-state index in [-0.39, 0.29) is 18.4 Å². The summed E-state index contributed by atoms with van der Waals surface area (Å²) in [6.07, 6.45) is 6.55. The Morgan fingerprint density at radius 2 is 1.82 bits per heavy atom. The van der Waals surface area contributed by atoms with Gasteiger partial charge < -0.3 is 10.2 Å². The maximum Gasteiger partial charge on any atom is 0.239 e. The molecule has 1 N–H and O–H groups in total. The predicted molar refractivity (Wildman–Crippen MR) is 87.4 cm³/mol. The molecule has 120 valence electrons. The fourth-order valence-corrected chi connectivity index (χ4v) is 2.95. The molecule has 0 aromatic heterocycles. The Kier molecular flexibility index (Phi) is 6.44. The topological polar surface area (TPSA) is 49.4 Å². The van der Waals surface area contributed by atoms with Gasteiger partial charge in [-0.3, -0.25) is 9.59 Å². The largest absolute Gasteiger partial charge is 0.352 e. The van der Waals surface area contributed by atoms with E-state index in [4.69, 9.17) is 0 Å². The van der Waals surface area contributed by atoms with Crippen LogP contribution in [0.4, 0.5) is 0 Å². The second kappa shape index (κ2) is 8.57. The van der Waals surface area contributed by atoms with Gasteiger partial charge in [0.25, 0.3) is 0 Å². The average molecular weight is 302 g/mol. The highest BCUT2D eigenvalue weighted by Crippen LogP contribution is 2.17. The summed E-state index contributed by atoms with van der Waals surface area (Å²) in [5, 5.41) is 3.07. The van der Waals surface area contributed by atoms with Gasteiger partial charge in [0.15, 0.2) is 0 Å². The van der Waals surface area contributed by atoms with Gasteiger partial charge in [-0.1, -0.05) is 49.6 Å². The zero-order chi connectivity index (χ0) is 15.8. The Hall–Kier alpha value is -1.84. The average Bonchev–Trinajstić information content (AvgIpc) is 2.53. The van der Waals surface area contributed by atoms with Crippen molar-refractivity contribution in [3.8, 4) is 0 Å². The van der Waals surface area contributed by atoms with Gasteiger partial charge in [-0.15, -0.1) is 0 Å². The van der Waals surface area contributed by atoms with Crippen LogP contribution >= 0.6 is 0 Å². The molecule has 0 heterocycles. The first-order chi connectivity index (χ1) is 10.6. The number of hydrogen-bond donors (Lipinski definition) is 1. The van der Waals surface area contributed by atoms with E-state index in [1.54, 1.807) is 4.90 Å². The number of benzene rings is 1. The second-order valence-electron chi connectivity index (χ2n) is 6.08. The van der Waals surface area contributed by atoms with Crippen LogP contribution in [0.1, 0.15) is 44.6 Å². The molecule has 2 amide bonds. The highest BCUT2D eigenvalue weighted by molar-refractivity contribution is 5.83. The van der Waals surface area contributed by atoms with Crippen LogP contribution in [0.25, 0.3) is 0 Å². The van der Waals surface area contributed by atoms with Crippen molar-refractivity contribution < 1.29 is 9.59 Å². The summed E-state index contributed by atoms with van der Waals surface area (Å²) in [6, 6.07) is 10.3. The molecule has 0 unspecified atom stereocenters. The first-order valence-corrected chi connectivity index (χ1v) is 8.24. The molecule has 1 aromatic carbocycles. The normalized spacial score (nSPS) is 15.3. The molecule has 0 bridgehead atoms. The van der Waals surface area contributed by atoms with Crippen molar-refractivity contribution in [2.24, 2.45) is 0 Å². The lowest BCUT2D eigenvalue weighted by Gasteiger charge is -2.25. The standard InChI is InChI=1S/C18H26N2O2/c1-15(21)20(13-12-16-8-4-2-5-9-16)14-18(22)19-17-10-6-3-7-11-17/h2,4-5,8-9,17H,3,6-7,10-14H2,1H3,(H,19,22). The lowest BCUT2D eigenvalue weighted by molar-refractivity contribution is -0.134. The van der Waals surface area contributed by atoms with Gasteiger partial charge in [-0.05, 0) is 24.8 Å². The van der Waals surface area contributed by atoms with E-state index in [2.05, 4.69) is 5.32 Å². The molecule has 1 aliphatic rings. The van der Waals surface area contributed by atoms with Crippen LogP contribution in [-0.4, -0.2) is 35.8 Å². The van der Waals surface area contributed by atoms with Gasteiger partial charge >= 0.3 is 0 Å². The third-order valence-electron chi connectivity index (χ3n) is 4.26. The Labute approximate surface area is 132 Å². The second-order valence-corrected chi connectivity index (χ2v) is 6.08. The molecule has 0 spiro atoms. The third-order valence-corrected chi connectivity index (χ3v) is 4.26. The number of hydrogen-bond acceptors (Lipinski definition) is 2. The van der Waals surface area contributed by atoms with Crippen molar-refractivity contribution in [3.05, 3.63) is 35.9 Å². The lowest BCUT2D eigenvalue weighted by atomic mass is 9.95. The molecule has 2 rings (SSSR count). The van der Waals surface area contributed by atoms with E-state index in [0.717, 1.165) is 19.3 Å². The first kappa shape index (κ1) is 16.5. The first-order valence-electron chi connectivity index (χ1n) is 8.24. The summed E-state index contributed by atoms with van der Waals surface area (Å²) in [6.45, 7) is 2.27. The minimum atomic E-state index is -0.0466. The van der Waals surface area contributed by atoms with Gasteiger partial charge in [0.2, 0.25) is 11.8 Å². The summed E-state index contributed by atoms with van der Waals surface area (Å²) in [5.41, 5.74) is 1.18. The van der Waals surface area contributed by atoms with Crippen LogP contribution in [0.3, 0.4) is 0 Å². The minimum Gasteiger partial charge on any atom is -0.352 e. The molecule has 1 fully saturated rings. The number of nitrogens with one attached hydrogen (secondary N) is 1. The maximum atomic E-state index is 12.1. The van der Waals surface area contributed by atoms with Gasteiger partial charge in [-0.2, -0.15) is 0 Å². The van der Waals surface area contributed by atoms with E-state index >= 15 is 0 Å². The quantitative estimate of drug-likeness (QED) is 0.878. The SMILES string of the molecule is CC(=O)N(CCc1ccccc1)CC(=O)NC1CCCCC1. The number of nitrogens with zero attached hydrogens (tertiary/aromatic N) is 1. The fraction of sp³-hybridized carbons (Fsp3) is 0.556. The van der Waals surface area contributed by atoms with E-state index in [1.807, 2.05) is 30.3 Å². The fourth-order valence-electron chi connectivity index (χ4n) is 2.95. The Morgan fingerprint density at radius 1 is 1.14 bits per heavy atom. The number of carbonyl (C=O) groups excluding carboxylic acids is 2.